The predicted molar refractivity (Wildman–Crippen MR) is 106 cm³/mol. The minimum absolute atomic E-state index is 0.433. The van der Waals surface area contributed by atoms with Crippen LogP contribution in [0, 0.1) is 13.8 Å². The number of nitrogens with zero attached hydrogens (tertiary/aromatic N) is 3. The maximum Gasteiger partial charge on any atom is 0.248 e. The highest BCUT2D eigenvalue weighted by Gasteiger charge is 2.12. The van der Waals surface area contributed by atoms with Crippen LogP contribution >= 0.6 is 0 Å². The van der Waals surface area contributed by atoms with Gasteiger partial charge in [-0.1, -0.05) is 18.2 Å². The SMILES string of the molecule is Cc1ccc(C(N)=O)cc1-c1ccc2c(-c3cccnc3C)nncc2c1. The van der Waals surface area contributed by atoms with E-state index in [-0.39, 0.29) is 0 Å². The van der Waals surface area contributed by atoms with Gasteiger partial charge in [0.15, 0.2) is 0 Å². The molecule has 5 nitrogen and oxygen atoms in total. The first-order valence-electron chi connectivity index (χ1n) is 8.63. The second kappa shape index (κ2) is 6.61. The first-order valence-corrected chi connectivity index (χ1v) is 8.63. The van der Waals surface area contributed by atoms with Gasteiger partial charge >= 0.3 is 0 Å². The number of carbonyl (C=O) groups is 1. The van der Waals surface area contributed by atoms with Gasteiger partial charge in [-0.2, -0.15) is 5.10 Å². The molecule has 2 aromatic carbocycles. The quantitative estimate of drug-likeness (QED) is 0.601. The number of carbonyl (C=O) groups excluding carboxylic acids is 1. The van der Waals surface area contributed by atoms with Gasteiger partial charge in [-0.3, -0.25) is 9.78 Å². The predicted octanol–water partition coefficient (Wildman–Crippen LogP) is 4.07. The fourth-order valence-corrected chi connectivity index (χ4v) is 3.28. The molecule has 0 aliphatic rings. The van der Waals surface area contributed by atoms with Gasteiger partial charge in [0.2, 0.25) is 5.91 Å². The molecule has 4 rings (SSSR count). The second-order valence-corrected chi connectivity index (χ2v) is 6.53. The molecule has 0 fully saturated rings. The number of aryl methyl sites for hydroxylation is 2. The normalized spacial score (nSPS) is 10.9. The van der Waals surface area contributed by atoms with E-state index in [0.29, 0.717) is 5.56 Å². The zero-order chi connectivity index (χ0) is 19.0. The highest BCUT2D eigenvalue weighted by molar-refractivity contribution is 5.98. The number of rotatable bonds is 3. The topological polar surface area (TPSA) is 81.8 Å². The monoisotopic (exact) mass is 354 g/mol. The summed E-state index contributed by atoms with van der Waals surface area (Å²) in [6.07, 6.45) is 3.52. The molecule has 0 aliphatic carbocycles. The lowest BCUT2D eigenvalue weighted by Gasteiger charge is -2.11. The first kappa shape index (κ1) is 16.8. The van der Waals surface area contributed by atoms with Gasteiger partial charge in [-0.15, -0.1) is 5.10 Å². The summed E-state index contributed by atoms with van der Waals surface area (Å²) in [7, 11) is 0. The third-order valence-corrected chi connectivity index (χ3v) is 4.76. The van der Waals surface area contributed by atoms with Crippen LogP contribution in [0.3, 0.4) is 0 Å². The Bertz CT molecular complexity index is 1180. The molecule has 0 unspecified atom stereocenters. The van der Waals surface area contributed by atoms with E-state index in [9.17, 15) is 4.79 Å². The van der Waals surface area contributed by atoms with Crippen LogP contribution in [0.25, 0.3) is 33.2 Å². The summed E-state index contributed by atoms with van der Waals surface area (Å²) in [4.78, 5) is 15.9. The minimum Gasteiger partial charge on any atom is -0.366 e. The number of nitrogens with two attached hydrogens (primary N) is 1. The van der Waals surface area contributed by atoms with E-state index in [1.807, 2.05) is 50.2 Å². The average molecular weight is 354 g/mol. The lowest BCUT2D eigenvalue weighted by Crippen LogP contribution is -2.10. The van der Waals surface area contributed by atoms with Crippen molar-refractivity contribution in [3.05, 3.63) is 77.7 Å². The van der Waals surface area contributed by atoms with Gasteiger partial charge in [-0.05, 0) is 60.9 Å². The molecular weight excluding hydrogens is 336 g/mol. The largest absolute Gasteiger partial charge is 0.366 e. The summed E-state index contributed by atoms with van der Waals surface area (Å²) in [6.45, 7) is 3.97. The van der Waals surface area contributed by atoms with Crippen LogP contribution in [0.15, 0.2) is 60.9 Å². The molecule has 1 amide bonds. The third-order valence-electron chi connectivity index (χ3n) is 4.76. The van der Waals surface area contributed by atoms with E-state index in [0.717, 1.165) is 44.4 Å². The fourth-order valence-electron chi connectivity index (χ4n) is 3.28. The smallest absolute Gasteiger partial charge is 0.248 e. The zero-order valence-corrected chi connectivity index (χ0v) is 15.1. The summed E-state index contributed by atoms with van der Waals surface area (Å²) in [5.74, 6) is -0.433. The van der Waals surface area contributed by atoms with Crippen molar-refractivity contribution < 1.29 is 4.79 Å². The van der Waals surface area contributed by atoms with Crippen LogP contribution in [0.4, 0.5) is 0 Å². The number of pyridine rings is 1. The first-order chi connectivity index (χ1) is 13.0. The Morgan fingerprint density at radius 3 is 2.63 bits per heavy atom. The summed E-state index contributed by atoms with van der Waals surface area (Å²) >= 11 is 0. The molecule has 0 spiro atoms. The summed E-state index contributed by atoms with van der Waals surface area (Å²) in [5.41, 5.74) is 11.7. The molecule has 4 aromatic rings. The highest BCUT2D eigenvalue weighted by atomic mass is 16.1. The van der Waals surface area contributed by atoms with E-state index in [2.05, 4.69) is 21.2 Å². The molecule has 2 heterocycles. The van der Waals surface area contributed by atoms with Crippen molar-refractivity contribution in [2.75, 3.05) is 0 Å². The Kier molecular flexibility index (Phi) is 4.12. The standard InChI is InChI=1S/C22H18N4O/c1-13-5-6-16(22(23)27)11-20(13)15-7-8-19-17(10-15)12-25-26-21(19)18-4-3-9-24-14(18)2/h3-12H,1-2H3,(H2,23,27). The van der Waals surface area contributed by atoms with Crippen LogP contribution < -0.4 is 5.73 Å². The zero-order valence-electron chi connectivity index (χ0n) is 15.1. The molecule has 0 aliphatic heterocycles. The molecule has 0 atom stereocenters. The van der Waals surface area contributed by atoms with Crippen LogP contribution in [0.2, 0.25) is 0 Å². The molecule has 0 saturated heterocycles. The van der Waals surface area contributed by atoms with E-state index >= 15 is 0 Å². The Hall–Kier alpha value is -3.60. The van der Waals surface area contributed by atoms with Gasteiger partial charge < -0.3 is 5.73 Å². The van der Waals surface area contributed by atoms with Gasteiger partial charge in [-0.25, -0.2) is 0 Å². The van der Waals surface area contributed by atoms with E-state index in [1.165, 1.54) is 0 Å². The van der Waals surface area contributed by atoms with Crippen molar-refractivity contribution in [3.63, 3.8) is 0 Å². The number of fused-ring (bicyclic) bond motifs is 1. The number of hydrogen-bond acceptors (Lipinski definition) is 4. The molecule has 5 heteroatoms. The molecule has 2 aromatic heterocycles. The molecule has 132 valence electrons. The fraction of sp³-hybridized carbons (Fsp3) is 0.0909. The maximum atomic E-state index is 11.5. The molecule has 0 radical (unpaired) electrons. The van der Waals surface area contributed by atoms with Gasteiger partial charge in [0.05, 0.1) is 6.20 Å². The Morgan fingerprint density at radius 1 is 1.00 bits per heavy atom. The van der Waals surface area contributed by atoms with Gasteiger partial charge in [0, 0.05) is 33.8 Å². The summed E-state index contributed by atoms with van der Waals surface area (Å²) in [5, 5.41) is 10.5. The number of primary amides is 1. The van der Waals surface area contributed by atoms with E-state index in [4.69, 9.17) is 5.73 Å². The lowest BCUT2D eigenvalue weighted by molar-refractivity contribution is 0.100. The van der Waals surface area contributed by atoms with Crippen LogP contribution in [-0.4, -0.2) is 21.1 Å². The Balaban J connectivity index is 1.89. The van der Waals surface area contributed by atoms with Crippen molar-refractivity contribution in [1.29, 1.82) is 0 Å². The highest BCUT2D eigenvalue weighted by Crippen LogP contribution is 2.32. The minimum atomic E-state index is -0.433. The maximum absolute atomic E-state index is 11.5. The lowest BCUT2D eigenvalue weighted by atomic mass is 9.95. The number of hydrogen-bond donors (Lipinski definition) is 1. The molecule has 2 N–H and O–H groups in total. The van der Waals surface area contributed by atoms with Crippen molar-refractivity contribution in [2.24, 2.45) is 5.73 Å². The molecule has 27 heavy (non-hydrogen) atoms. The van der Waals surface area contributed by atoms with E-state index < -0.39 is 5.91 Å². The number of amides is 1. The number of benzene rings is 2. The van der Waals surface area contributed by atoms with Crippen molar-refractivity contribution >= 4 is 16.7 Å². The van der Waals surface area contributed by atoms with Crippen molar-refractivity contribution in [2.45, 2.75) is 13.8 Å². The Morgan fingerprint density at radius 2 is 1.85 bits per heavy atom. The average Bonchev–Trinajstić information content (AvgIpc) is 2.68. The molecule has 0 bridgehead atoms. The van der Waals surface area contributed by atoms with Crippen molar-refractivity contribution in [3.8, 4) is 22.4 Å². The van der Waals surface area contributed by atoms with Crippen LogP contribution in [0.1, 0.15) is 21.6 Å². The second-order valence-electron chi connectivity index (χ2n) is 6.53. The Labute approximate surface area is 156 Å². The van der Waals surface area contributed by atoms with E-state index in [1.54, 1.807) is 18.5 Å². The van der Waals surface area contributed by atoms with Gasteiger partial charge in [0.1, 0.15) is 5.69 Å². The van der Waals surface area contributed by atoms with Gasteiger partial charge in [0.25, 0.3) is 0 Å². The van der Waals surface area contributed by atoms with Crippen LogP contribution in [0.5, 0.6) is 0 Å². The molecular formula is C22H18N4O. The number of aromatic nitrogens is 3. The summed E-state index contributed by atoms with van der Waals surface area (Å²) < 4.78 is 0. The third kappa shape index (κ3) is 3.04. The summed E-state index contributed by atoms with van der Waals surface area (Å²) in [6, 6.07) is 15.5. The van der Waals surface area contributed by atoms with Crippen molar-refractivity contribution in [1.82, 2.24) is 15.2 Å². The molecule has 0 saturated carbocycles. The van der Waals surface area contributed by atoms with Crippen LogP contribution in [-0.2, 0) is 0 Å².